The summed E-state index contributed by atoms with van der Waals surface area (Å²) in [4.78, 5) is 0. The molecule has 244 valence electrons. The lowest BCUT2D eigenvalue weighted by atomic mass is 9.67. The third-order valence-corrected chi connectivity index (χ3v) is 14.2. The molecule has 0 aliphatic heterocycles. The van der Waals surface area contributed by atoms with Crippen molar-refractivity contribution in [2.24, 2.45) is 0 Å². The van der Waals surface area contributed by atoms with Crippen LogP contribution in [0.3, 0.4) is 0 Å². The van der Waals surface area contributed by atoms with Crippen LogP contribution in [0.1, 0.15) is 22.3 Å². The lowest BCUT2D eigenvalue weighted by Gasteiger charge is -2.34. The first-order valence-corrected chi connectivity index (χ1v) is 20.0. The van der Waals surface area contributed by atoms with Gasteiger partial charge < -0.3 is 0 Å². The molecule has 1 aliphatic rings. The third kappa shape index (κ3) is 4.25. The summed E-state index contributed by atoms with van der Waals surface area (Å²) in [6.07, 6.45) is 0. The van der Waals surface area contributed by atoms with Crippen LogP contribution >= 0.6 is 38.6 Å². The molecular formula is C49H29BrS2. The van der Waals surface area contributed by atoms with Crippen LogP contribution in [0.2, 0.25) is 0 Å². The van der Waals surface area contributed by atoms with Gasteiger partial charge in [-0.25, -0.2) is 0 Å². The molecule has 0 atom stereocenters. The fraction of sp³-hybridized carbons (Fsp3) is 0.0204. The molecule has 0 fully saturated rings. The Balaban J connectivity index is 1.11. The van der Waals surface area contributed by atoms with Gasteiger partial charge in [0, 0.05) is 50.4 Å². The highest BCUT2D eigenvalue weighted by Gasteiger charge is 2.46. The maximum atomic E-state index is 3.98. The number of rotatable bonds is 4. The minimum Gasteiger partial charge on any atom is -0.135 e. The zero-order valence-electron chi connectivity index (χ0n) is 27.9. The largest absolute Gasteiger partial charge is 0.135 e. The molecule has 10 aromatic rings. The summed E-state index contributed by atoms with van der Waals surface area (Å²) < 4.78 is 6.47. The average Bonchev–Trinajstić information content (AvgIpc) is 3.87. The third-order valence-electron chi connectivity index (χ3n) is 11.1. The molecular weight excluding hydrogens is 733 g/mol. The van der Waals surface area contributed by atoms with E-state index in [2.05, 4.69) is 192 Å². The Labute approximate surface area is 318 Å². The lowest BCUT2D eigenvalue weighted by molar-refractivity contribution is 0.768. The van der Waals surface area contributed by atoms with E-state index in [9.17, 15) is 0 Å². The molecule has 0 amide bonds. The number of thiophene rings is 2. The zero-order chi connectivity index (χ0) is 34.4. The molecule has 0 saturated heterocycles. The second-order valence-corrected chi connectivity index (χ2v) is 16.6. The van der Waals surface area contributed by atoms with Gasteiger partial charge in [0.05, 0.1) is 5.41 Å². The second kappa shape index (κ2) is 11.6. The van der Waals surface area contributed by atoms with Gasteiger partial charge in [-0.15, -0.1) is 22.7 Å². The smallest absolute Gasteiger partial charge is 0.0713 e. The highest BCUT2D eigenvalue weighted by molar-refractivity contribution is 9.10. The van der Waals surface area contributed by atoms with Gasteiger partial charge in [0.15, 0.2) is 0 Å². The van der Waals surface area contributed by atoms with Crippen molar-refractivity contribution in [1.29, 1.82) is 0 Å². The van der Waals surface area contributed by atoms with Crippen molar-refractivity contribution < 1.29 is 0 Å². The monoisotopic (exact) mass is 760 g/mol. The van der Waals surface area contributed by atoms with Crippen molar-refractivity contribution in [3.05, 3.63) is 203 Å². The molecule has 0 saturated carbocycles. The molecule has 52 heavy (non-hydrogen) atoms. The van der Waals surface area contributed by atoms with E-state index in [4.69, 9.17) is 0 Å². The number of halogens is 1. The van der Waals surface area contributed by atoms with Crippen LogP contribution in [0, 0.1) is 0 Å². The SMILES string of the molecule is Brc1cccc2c1-c1ccccc1C2(c1ccc(-c2cccc3c2sc2ccccc23)cc1)c1ccc(-c2cccc3c2sc2ccccc23)cc1. The molecule has 8 aromatic carbocycles. The van der Waals surface area contributed by atoms with Gasteiger partial charge in [-0.3, -0.25) is 0 Å². The molecule has 0 N–H and O–H groups in total. The molecule has 2 heterocycles. The van der Waals surface area contributed by atoms with Crippen molar-refractivity contribution in [2.75, 3.05) is 0 Å². The van der Waals surface area contributed by atoms with Crippen molar-refractivity contribution in [2.45, 2.75) is 5.41 Å². The van der Waals surface area contributed by atoms with Gasteiger partial charge in [0.2, 0.25) is 0 Å². The van der Waals surface area contributed by atoms with Crippen LogP contribution in [0.25, 0.3) is 73.7 Å². The standard InChI is InChI=1S/C49H29BrS2/c50-43-19-9-18-42-46(43)40-12-1-4-17-41(40)49(42,32-26-22-30(23-27-32)34-13-7-15-38-36-10-2-5-20-44(36)51-47(34)38)33-28-24-31(25-29-33)35-14-8-16-39-37-11-3-6-21-45(37)52-48(35)39/h1-29H. The Kier molecular flexibility index (Phi) is 6.76. The molecule has 0 radical (unpaired) electrons. The Morgan fingerprint density at radius 3 is 1.38 bits per heavy atom. The predicted octanol–water partition coefficient (Wildman–Crippen LogP) is 14.9. The van der Waals surface area contributed by atoms with E-state index in [0.717, 1.165) is 4.47 Å². The molecule has 0 nitrogen and oxygen atoms in total. The van der Waals surface area contributed by atoms with Crippen molar-refractivity contribution in [3.8, 4) is 33.4 Å². The summed E-state index contributed by atoms with van der Waals surface area (Å²) in [6.45, 7) is 0. The second-order valence-electron chi connectivity index (χ2n) is 13.7. The van der Waals surface area contributed by atoms with Gasteiger partial charge in [-0.2, -0.15) is 0 Å². The summed E-state index contributed by atoms with van der Waals surface area (Å²) in [6, 6.07) is 65.5. The predicted molar refractivity (Wildman–Crippen MR) is 228 cm³/mol. The summed E-state index contributed by atoms with van der Waals surface area (Å²) in [7, 11) is 0. The Morgan fingerprint density at radius 1 is 0.365 bits per heavy atom. The van der Waals surface area contributed by atoms with E-state index in [1.807, 2.05) is 22.7 Å². The molecule has 3 heteroatoms. The van der Waals surface area contributed by atoms with Crippen molar-refractivity contribution in [3.63, 3.8) is 0 Å². The van der Waals surface area contributed by atoms with E-state index >= 15 is 0 Å². The zero-order valence-corrected chi connectivity index (χ0v) is 31.2. The average molecular weight is 762 g/mol. The lowest BCUT2D eigenvalue weighted by Crippen LogP contribution is -2.28. The summed E-state index contributed by atoms with van der Waals surface area (Å²) >= 11 is 7.75. The molecule has 1 aliphatic carbocycles. The first-order valence-electron chi connectivity index (χ1n) is 17.6. The summed E-state index contributed by atoms with van der Waals surface area (Å²) in [5, 5.41) is 5.32. The van der Waals surface area contributed by atoms with Crippen LogP contribution in [0.15, 0.2) is 180 Å². The van der Waals surface area contributed by atoms with E-state index in [0.29, 0.717) is 0 Å². The van der Waals surface area contributed by atoms with Crippen LogP contribution in [-0.4, -0.2) is 0 Å². The van der Waals surface area contributed by atoms with Crippen LogP contribution in [0.5, 0.6) is 0 Å². The van der Waals surface area contributed by atoms with E-state index in [1.165, 1.54) is 96.0 Å². The van der Waals surface area contributed by atoms with E-state index in [1.54, 1.807) is 0 Å². The fourth-order valence-electron chi connectivity index (χ4n) is 8.82. The topological polar surface area (TPSA) is 0 Å². The fourth-order valence-corrected chi connectivity index (χ4v) is 11.9. The molecule has 2 aromatic heterocycles. The first-order chi connectivity index (χ1) is 25.7. The number of fused-ring (bicyclic) bond motifs is 9. The maximum absolute atomic E-state index is 3.98. The Hall–Kier alpha value is -5.32. The number of hydrogen-bond acceptors (Lipinski definition) is 2. The van der Waals surface area contributed by atoms with Crippen molar-refractivity contribution in [1.82, 2.24) is 0 Å². The van der Waals surface area contributed by atoms with Gasteiger partial charge in [0.25, 0.3) is 0 Å². The Morgan fingerprint density at radius 2 is 0.808 bits per heavy atom. The van der Waals surface area contributed by atoms with Gasteiger partial charge in [-0.05, 0) is 68.3 Å². The highest BCUT2D eigenvalue weighted by Crippen LogP contribution is 2.58. The molecule has 0 bridgehead atoms. The summed E-state index contributed by atoms with van der Waals surface area (Å²) in [5.41, 5.74) is 12.3. The van der Waals surface area contributed by atoms with Crippen molar-refractivity contribution >= 4 is 78.9 Å². The molecule has 0 spiro atoms. The van der Waals surface area contributed by atoms with Gasteiger partial charge >= 0.3 is 0 Å². The highest BCUT2D eigenvalue weighted by atomic mass is 79.9. The van der Waals surface area contributed by atoms with Crippen LogP contribution in [-0.2, 0) is 5.41 Å². The summed E-state index contributed by atoms with van der Waals surface area (Å²) in [5.74, 6) is 0. The van der Waals surface area contributed by atoms with Crippen LogP contribution < -0.4 is 0 Å². The first kappa shape index (κ1) is 30.3. The van der Waals surface area contributed by atoms with Gasteiger partial charge in [-0.1, -0.05) is 174 Å². The minimum atomic E-state index is -0.486. The van der Waals surface area contributed by atoms with E-state index < -0.39 is 5.41 Å². The minimum absolute atomic E-state index is 0.486. The molecule has 0 unspecified atom stereocenters. The van der Waals surface area contributed by atoms with E-state index in [-0.39, 0.29) is 0 Å². The molecule has 11 rings (SSSR count). The Bertz CT molecular complexity index is 2860. The quantitative estimate of drug-likeness (QED) is 0.168. The normalized spacial score (nSPS) is 13.2. The maximum Gasteiger partial charge on any atom is 0.0713 e. The van der Waals surface area contributed by atoms with Crippen LogP contribution in [0.4, 0.5) is 0 Å². The number of benzene rings is 8. The number of hydrogen-bond donors (Lipinski definition) is 0. The van der Waals surface area contributed by atoms with Gasteiger partial charge in [0.1, 0.15) is 0 Å².